The number of nitrogens with one attached hydrogen (secondary N) is 1. The first-order valence-electron chi connectivity index (χ1n) is 6.74. The Bertz CT molecular complexity index is 448. The molecule has 1 aliphatic rings. The highest BCUT2D eigenvalue weighted by Crippen LogP contribution is 2.44. The zero-order valence-electron chi connectivity index (χ0n) is 12.4. The highest BCUT2D eigenvalue weighted by molar-refractivity contribution is 5.49. The zero-order chi connectivity index (χ0) is 14.0. The molecule has 0 bridgehead atoms. The third-order valence-electron chi connectivity index (χ3n) is 4.09. The van der Waals surface area contributed by atoms with Gasteiger partial charge in [-0.25, -0.2) is 9.97 Å². The van der Waals surface area contributed by atoms with Crippen molar-refractivity contribution in [1.29, 1.82) is 0 Å². The van der Waals surface area contributed by atoms with Gasteiger partial charge in [-0.3, -0.25) is 0 Å². The van der Waals surface area contributed by atoms with Gasteiger partial charge in [0.2, 0.25) is 5.88 Å². The van der Waals surface area contributed by atoms with Crippen molar-refractivity contribution < 1.29 is 9.47 Å². The molecule has 1 heterocycles. The van der Waals surface area contributed by atoms with Crippen LogP contribution in [0.3, 0.4) is 0 Å². The van der Waals surface area contributed by atoms with Crippen molar-refractivity contribution >= 4 is 5.82 Å². The van der Waals surface area contributed by atoms with Crippen LogP contribution in [0.2, 0.25) is 0 Å². The molecule has 0 spiro atoms. The Morgan fingerprint density at radius 2 is 2.16 bits per heavy atom. The van der Waals surface area contributed by atoms with Gasteiger partial charge in [0.05, 0.1) is 18.8 Å². The number of aromatic nitrogens is 2. The van der Waals surface area contributed by atoms with Gasteiger partial charge in [0.25, 0.3) is 0 Å². The summed E-state index contributed by atoms with van der Waals surface area (Å²) in [6, 6.07) is 0.363. The van der Waals surface area contributed by atoms with E-state index in [0.29, 0.717) is 18.0 Å². The Kier molecular flexibility index (Phi) is 3.94. The lowest BCUT2D eigenvalue weighted by molar-refractivity contribution is -0.0976. The van der Waals surface area contributed by atoms with Crippen LogP contribution in [-0.2, 0) is 4.74 Å². The van der Waals surface area contributed by atoms with Gasteiger partial charge < -0.3 is 14.8 Å². The molecular formula is C14H23N3O2. The van der Waals surface area contributed by atoms with E-state index in [-0.39, 0.29) is 5.41 Å². The summed E-state index contributed by atoms with van der Waals surface area (Å²) in [7, 11) is 1.62. The van der Waals surface area contributed by atoms with E-state index in [0.717, 1.165) is 24.4 Å². The van der Waals surface area contributed by atoms with Crippen LogP contribution in [0, 0.1) is 12.3 Å². The van der Waals surface area contributed by atoms with Crippen molar-refractivity contribution in [3.05, 3.63) is 11.9 Å². The summed E-state index contributed by atoms with van der Waals surface area (Å²) in [6.45, 7) is 9.22. The molecule has 1 N–H and O–H groups in total. The average Bonchev–Trinajstić information content (AvgIpc) is 2.39. The quantitative estimate of drug-likeness (QED) is 0.886. The molecule has 0 amide bonds. The molecule has 2 unspecified atom stereocenters. The third-order valence-corrected chi connectivity index (χ3v) is 4.09. The summed E-state index contributed by atoms with van der Waals surface area (Å²) in [6.07, 6.45) is 2.85. The first-order chi connectivity index (χ1) is 9.00. The monoisotopic (exact) mass is 265 g/mol. The molecular weight excluding hydrogens is 242 g/mol. The predicted molar refractivity (Wildman–Crippen MR) is 74.5 cm³/mol. The Hall–Kier alpha value is -1.36. The fraction of sp³-hybridized carbons (Fsp3) is 0.714. The summed E-state index contributed by atoms with van der Waals surface area (Å²) in [5.74, 6) is 1.47. The maximum Gasteiger partial charge on any atom is 0.221 e. The van der Waals surface area contributed by atoms with Crippen LogP contribution in [0.4, 0.5) is 5.82 Å². The molecule has 1 aromatic rings. The predicted octanol–water partition coefficient (Wildman–Crippen LogP) is 2.41. The van der Waals surface area contributed by atoms with E-state index in [4.69, 9.17) is 9.47 Å². The summed E-state index contributed by atoms with van der Waals surface area (Å²) in [5, 5.41) is 3.49. The smallest absolute Gasteiger partial charge is 0.221 e. The van der Waals surface area contributed by atoms with Crippen molar-refractivity contribution in [2.45, 2.75) is 46.3 Å². The minimum atomic E-state index is 0.112. The molecule has 5 nitrogen and oxygen atoms in total. The van der Waals surface area contributed by atoms with E-state index in [1.54, 1.807) is 7.11 Å². The number of hydrogen-bond acceptors (Lipinski definition) is 5. The van der Waals surface area contributed by atoms with Crippen molar-refractivity contribution in [2.75, 3.05) is 19.0 Å². The SMILES string of the molecule is CCOC1CC(Nc2ncnc(OC)c2C)C1(C)C. The number of ether oxygens (including phenoxy) is 2. The Morgan fingerprint density at radius 1 is 1.42 bits per heavy atom. The van der Waals surface area contributed by atoms with Gasteiger partial charge in [0.1, 0.15) is 12.1 Å². The second kappa shape index (κ2) is 5.33. The number of hydrogen-bond donors (Lipinski definition) is 1. The summed E-state index contributed by atoms with van der Waals surface area (Å²) in [5.41, 5.74) is 1.06. The lowest BCUT2D eigenvalue weighted by atomic mass is 9.64. The molecule has 2 rings (SSSR count). The van der Waals surface area contributed by atoms with Crippen LogP contribution in [0.1, 0.15) is 32.8 Å². The second-order valence-corrected chi connectivity index (χ2v) is 5.55. The average molecular weight is 265 g/mol. The zero-order valence-corrected chi connectivity index (χ0v) is 12.4. The van der Waals surface area contributed by atoms with Crippen LogP contribution in [-0.4, -0.2) is 35.8 Å². The van der Waals surface area contributed by atoms with Gasteiger partial charge in [0, 0.05) is 18.1 Å². The van der Waals surface area contributed by atoms with E-state index < -0.39 is 0 Å². The van der Waals surface area contributed by atoms with Gasteiger partial charge in [-0.05, 0) is 20.3 Å². The summed E-state index contributed by atoms with van der Waals surface area (Å²) >= 11 is 0. The van der Waals surface area contributed by atoms with Gasteiger partial charge in [-0.2, -0.15) is 0 Å². The van der Waals surface area contributed by atoms with Gasteiger partial charge in [0.15, 0.2) is 0 Å². The maximum absolute atomic E-state index is 5.74. The molecule has 1 aliphatic carbocycles. The highest BCUT2D eigenvalue weighted by atomic mass is 16.5. The number of rotatable bonds is 5. The van der Waals surface area contributed by atoms with Gasteiger partial charge in [-0.1, -0.05) is 13.8 Å². The normalized spacial score (nSPS) is 24.7. The lowest BCUT2D eigenvalue weighted by Crippen LogP contribution is -2.58. The summed E-state index contributed by atoms with van der Waals surface area (Å²) < 4.78 is 11.0. The van der Waals surface area contributed by atoms with Gasteiger partial charge in [-0.15, -0.1) is 0 Å². The largest absolute Gasteiger partial charge is 0.481 e. The van der Waals surface area contributed by atoms with E-state index in [1.807, 2.05) is 13.8 Å². The first-order valence-corrected chi connectivity index (χ1v) is 6.74. The van der Waals surface area contributed by atoms with E-state index in [9.17, 15) is 0 Å². The van der Waals surface area contributed by atoms with Gasteiger partial charge >= 0.3 is 0 Å². The van der Waals surface area contributed by atoms with Crippen molar-refractivity contribution in [2.24, 2.45) is 5.41 Å². The number of anilines is 1. The standard InChI is InChI=1S/C14H23N3O2/c1-6-19-11-7-10(14(11,3)4)17-12-9(2)13(18-5)16-8-15-12/h8,10-11H,6-7H2,1-5H3,(H,15,16,17). The molecule has 1 aromatic heterocycles. The molecule has 106 valence electrons. The molecule has 0 radical (unpaired) electrons. The highest BCUT2D eigenvalue weighted by Gasteiger charge is 2.49. The number of methoxy groups -OCH3 is 1. The van der Waals surface area contributed by atoms with Crippen LogP contribution in [0.25, 0.3) is 0 Å². The van der Waals surface area contributed by atoms with Crippen molar-refractivity contribution in [3.8, 4) is 5.88 Å². The molecule has 0 saturated heterocycles. The van der Waals surface area contributed by atoms with E-state index >= 15 is 0 Å². The second-order valence-electron chi connectivity index (χ2n) is 5.55. The fourth-order valence-corrected chi connectivity index (χ4v) is 2.56. The molecule has 1 fully saturated rings. The minimum absolute atomic E-state index is 0.112. The third kappa shape index (κ3) is 2.52. The van der Waals surface area contributed by atoms with Crippen LogP contribution >= 0.6 is 0 Å². The van der Waals surface area contributed by atoms with E-state index in [2.05, 4.69) is 29.1 Å². The molecule has 0 aliphatic heterocycles. The van der Waals surface area contributed by atoms with E-state index in [1.165, 1.54) is 6.33 Å². The Labute approximate surface area is 114 Å². The molecule has 2 atom stereocenters. The van der Waals surface area contributed by atoms with Crippen molar-refractivity contribution in [1.82, 2.24) is 9.97 Å². The van der Waals surface area contributed by atoms with Crippen LogP contribution < -0.4 is 10.1 Å². The minimum Gasteiger partial charge on any atom is -0.481 e. The molecule has 0 aromatic carbocycles. The molecule has 5 heteroatoms. The van der Waals surface area contributed by atoms with Crippen LogP contribution in [0.5, 0.6) is 5.88 Å². The fourth-order valence-electron chi connectivity index (χ4n) is 2.56. The number of nitrogens with zero attached hydrogens (tertiary/aromatic N) is 2. The lowest BCUT2D eigenvalue weighted by Gasteiger charge is -2.51. The Balaban J connectivity index is 2.07. The van der Waals surface area contributed by atoms with Crippen LogP contribution in [0.15, 0.2) is 6.33 Å². The molecule has 1 saturated carbocycles. The maximum atomic E-state index is 5.74. The Morgan fingerprint density at radius 3 is 2.74 bits per heavy atom. The topological polar surface area (TPSA) is 56.3 Å². The summed E-state index contributed by atoms with van der Waals surface area (Å²) in [4.78, 5) is 8.39. The molecule has 19 heavy (non-hydrogen) atoms. The first kappa shape index (κ1) is 14.1. The van der Waals surface area contributed by atoms with Crippen molar-refractivity contribution in [3.63, 3.8) is 0 Å².